The van der Waals surface area contributed by atoms with Crippen LogP contribution in [0.3, 0.4) is 0 Å². The Hall–Kier alpha value is -2.11. The zero-order valence-electron chi connectivity index (χ0n) is 16.2. The summed E-state index contributed by atoms with van der Waals surface area (Å²) in [5.74, 6) is -0.308. The lowest BCUT2D eigenvalue weighted by atomic mass is 9.73. The largest absolute Gasteiger partial charge is 0.348 e. The molecule has 0 unspecified atom stereocenters. The highest BCUT2D eigenvalue weighted by Crippen LogP contribution is 2.38. The fraction of sp³-hybridized carbons (Fsp3) is 0.650. The summed E-state index contributed by atoms with van der Waals surface area (Å²) in [7, 11) is 0. The molecule has 1 aromatic rings. The first-order valence-electron chi connectivity index (χ1n) is 9.66. The van der Waals surface area contributed by atoms with E-state index in [9.17, 15) is 14.4 Å². The molecule has 2 heterocycles. The molecule has 0 bridgehead atoms. The maximum atomic E-state index is 13.0. The molecule has 6 heteroatoms. The Kier molecular flexibility index (Phi) is 4.95. The highest BCUT2D eigenvalue weighted by Gasteiger charge is 2.55. The Balaban J connectivity index is 1.81. The lowest BCUT2D eigenvalue weighted by molar-refractivity contribution is -0.133. The van der Waals surface area contributed by atoms with Gasteiger partial charge in [0, 0.05) is 23.5 Å². The number of aromatic nitrogens is 1. The van der Waals surface area contributed by atoms with Crippen LogP contribution >= 0.6 is 0 Å². The van der Waals surface area contributed by atoms with Crippen LogP contribution in [-0.2, 0) is 11.3 Å². The van der Waals surface area contributed by atoms with Gasteiger partial charge in [0.25, 0.3) is 5.91 Å². The molecule has 2 atom stereocenters. The SMILES string of the molecule is CCCn1c(C)cc(C(=O)CN2C(=O)N[C@]3(CCCC[C@H]3C)C2=O)c1C. The Morgan fingerprint density at radius 3 is 2.69 bits per heavy atom. The number of carbonyl (C=O) groups is 3. The van der Waals surface area contributed by atoms with Gasteiger partial charge >= 0.3 is 6.03 Å². The Labute approximate surface area is 154 Å². The van der Waals surface area contributed by atoms with Gasteiger partial charge in [0.05, 0.1) is 6.54 Å². The average Bonchev–Trinajstić information content (AvgIpc) is 3.01. The predicted octanol–water partition coefficient (Wildman–Crippen LogP) is 3.20. The number of nitrogens with zero attached hydrogens (tertiary/aromatic N) is 2. The van der Waals surface area contributed by atoms with Gasteiger partial charge in [0.15, 0.2) is 5.78 Å². The van der Waals surface area contributed by atoms with E-state index in [1.54, 1.807) is 0 Å². The van der Waals surface area contributed by atoms with Gasteiger partial charge in [0.1, 0.15) is 5.54 Å². The molecule has 2 fully saturated rings. The van der Waals surface area contributed by atoms with E-state index in [-0.39, 0.29) is 24.2 Å². The predicted molar refractivity (Wildman–Crippen MR) is 99.1 cm³/mol. The summed E-state index contributed by atoms with van der Waals surface area (Å²) >= 11 is 0. The number of Topliss-reactive ketones (excluding diaryl/α,β-unsaturated/α-hetero) is 1. The van der Waals surface area contributed by atoms with Crippen molar-refractivity contribution in [2.24, 2.45) is 5.92 Å². The number of carbonyl (C=O) groups excluding carboxylic acids is 3. The normalized spacial score (nSPS) is 25.8. The summed E-state index contributed by atoms with van der Waals surface area (Å²) in [5.41, 5.74) is 1.73. The molecular weight excluding hydrogens is 330 g/mol. The van der Waals surface area contributed by atoms with E-state index < -0.39 is 11.6 Å². The molecular formula is C20H29N3O3. The third kappa shape index (κ3) is 2.85. The monoisotopic (exact) mass is 359 g/mol. The second-order valence-corrected chi connectivity index (χ2v) is 7.80. The second-order valence-electron chi connectivity index (χ2n) is 7.80. The van der Waals surface area contributed by atoms with Crippen molar-refractivity contribution in [2.75, 3.05) is 6.54 Å². The summed E-state index contributed by atoms with van der Waals surface area (Å²) < 4.78 is 2.11. The second kappa shape index (κ2) is 6.89. The molecule has 0 aromatic carbocycles. The van der Waals surface area contributed by atoms with Gasteiger partial charge in [-0.2, -0.15) is 0 Å². The number of aryl methyl sites for hydroxylation is 1. The van der Waals surface area contributed by atoms with E-state index in [1.807, 2.05) is 26.8 Å². The Bertz CT molecular complexity index is 752. The third-order valence-corrected chi connectivity index (χ3v) is 6.12. The Morgan fingerprint density at radius 2 is 2.04 bits per heavy atom. The van der Waals surface area contributed by atoms with Gasteiger partial charge in [-0.1, -0.05) is 26.7 Å². The first kappa shape index (κ1) is 18.7. The number of amides is 3. The lowest BCUT2D eigenvalue weighted by Crippen LogP contribution is -2.54. The molecule has 1 spiro atoms. The van der Waals surface area contributed by atoms with Gasteiger partial charge in [0.2, 0.25) is 0 Å². The van der Waals surface area contributed by atoms with E-state index in [4.69, 9.17) is 0 Å². The van der Waals surface area contributed by atoms with Gasteiger partial charge in [-0.05, 0) is 45.1 Å². The van der Waals surface area contributed by atoms with Crippen LogP contribution in [0.2, 0.25) is 0 Å². The van der Waals surface area contributed by atoms with E-state index in [0.29, 0.717) is 12.0 Å². The van der Waals surface area contributed by atoms with Crippen molar-refractivity contribution in [3.8, 4) is 0 Å². The fourth-order valence-electron chi connectivity index (χ4n) is 4.52. The molecule has 142 valence electrons. The van der Waals surface area contributed by atoms with Crippen LogP contribution in [-0.4, -0.2) is 39.3 Å². The first-order valence-corrected chi connectivity index (χ1v) is 9.66. The number of hydrogen-bond acceptors (Lipinski definition) is 3. The Morgan fingerprint density at radius 1 is 1.31 bits per heavy atom. The minimum atomic E-state index is -0.811. The molecule has 1 N–H and O–H groups in total. The molecule has 3 rings (SSSR count). The van der Waals surface area contributed by atoms with E-state index in [0.717, 1.165) is 48.5 Å². The highest BCUT2D eigenvalue weighted by molar-refractivity contribution is 6.11. The summed E-state index contributed by atoms with van der Waals surface area (Å²) in [5, 5.41) is 2.91. The van der Waals surface area contributed by atoms with Gasteiger partial charge in [-0.3, -0.25) is 14.5 Å². The van der Waals surface area contributed by atoms with Crippen molar-refractivity contribution in [3.05, 3.63) is 23.0 Å². The number of imide groups is 1. The molecule has 3 amide bonds. The third-order valence-electron chi connectivity index (χ3n) is 6.12. The zero-order chi connectivity index (χ0) is 19.1. The van der Waals surface area contributed by atoms with Gasteiger partial charge < -0.3 is 9.88 Å². The molecule has 6 nitrogen and oxygen atoms in total. The molecule has 2 aliphatic rings. The molecule has 0 radical (unpaired) electrons. The maximum absolute atomic E-state index is 13.0. The van der Waals surface area contributed by atoms with E-state index in [2.05, 4.69) is 16.8 Å². The van der Waals surface area contributed by atoms with Crippen molar-refractivity contribution in [1.29, 1.82) is 0 Å². The number of ketones is 1. The van der Waals surface area contributed by atoms with Crippen molar-refractivity contribution in [1.82, 2.24) is 14.8 Å². The molecule has 26 heavy (non-hydrogen) atoms. The quantitative estimate of drug-likeness (QED) is 0.648. The van der Waals surface area contributed by atoms with Crippen molar-refractivity contribution in [3.63, 3.8) is 0 Å². The lowest BCUT2D eigenvalue weighted by Gasteiger charge is -2.36. The van der Waals surface area contributed by atoms with Gasteiger partial charge in [-0.25, -0.2) is 4.79 Å². The van der Waals surface area contributed by atoms with E-state index in [1.165, 1.54) is 0 Å². The summed E-state index contributed by atoms with van der Waals surface area (Å²) in [6.45, 7) is 8.68. The topological polar surface area (TPSA) is 71.4 Å². The van der Waals surface area contributed by atoms with Gasteiger partial charge in [-0.15, -0.1) is 0 Å². The first-order chi connectivity index (χ1) is 12.3. The number of rotatable bonds is 5. The maximum Gasteiger partial charge on any atom is 0.325 e. The number of urea groups is 1. The van der Waals surface area contributed by atoms with Crippen LogP contribution in [0.15, 0.2) is 6.07 Å². The molecule has 1 aromatic heterocycles. The zero-order valence-corrected chi connectivity index (χ0v) is 16.2. The van der Waals surface area contributed by atoms with Crippen molar-refractivity contribution < 1.29 is 14.4 Å². The average molecular weight is 359 g/mol. The van der Waals surface area contributed by atoms with Crippen LogP contribution in [0, 0.1) is 19.8 Å². The fourth-order valence-corrected chi connectivity index (χ4v) is 4.52. The summed E-state index contributed by atoms with van der Waals surface area (Å²) in [4.78, 5) is 39.5. The molecule has 1 aliphatic carbocycles. The molecule has 1 aliphatic heterocycles. The van der Waals surface area contributed by atoms with Crippen LogP contribution in [0.25, 0.3) is 0 Å². The minimum absolute atomic E-state index is 0.0995. The van der Waals surface area contributed by atoms with Crippen molar-refractivity contribution >= 4 is 17.7 Å². The standard InChI is InChI=1S/C20H29N3O3/c1-5-10-22-14(3)11-16(15(22)4)17(24)12-23-18(25)20(21-19(23)26)9-7-6-8-13(20)2/h11,13H,5-10,12H2,1-4H3,(H,21,26)/t13-,20+/m1/s1. The van der Waals surface area contributed by atoms with Crippen LogP contribution in [0.4, 0.5) is 4.79 Å². The van der Waals surface area contributed by atoms with Crippen LogP contribution < -0.4 is 5.32 Å². The number of nitrogens with one attached hydrogen (secondary N) is 1. The molecule has 1 saturated carbocycles. The van der Waals surface area contributed by atoms with E-state index >= 15 is 0 Å². The summed E-state index contributed by atoms with van der Waals surface area (Å²) in [6, 6.07) is 1.43. The van der Waals surface area contributed by atoms with Crippen LogP contribution in [0.1, 0.15) is 67.7 Å². The molecule has 1 saturated heterocycles. The van der Waals surface area contributed by atoms with Crippen LogP contribution in [0.5, 0.6) is 0 Å². The minimum Gasteiger partial charge on any atom is -0.348 e. The smallest absolute Gasteiger partial charge is 0.325 e. The van der Waals surface area contributed by atoms with Crippen molar-refractivity contribution in [2.45, 2.75) is 71.9 Å². The number of hydrogen-bond donors (Lipinski definition) is 1. The highest BCUT2D eigenvalue weighted by atomic mass is 16.2. The summed E-state index contributed by atoms with van der Waals surface area (Å²) in [6.07, 6.45) is 4.57.